The molecule has 1 aliphatic rings. The Bertz CT molecular complexity index is 524. The third kappa shape index (κ3) is 2.19. The maximum absolute atomic E-state index is 12.1. The van der Waals surface area contributed by atoms with Gasteiger partial charge in [-0.3, -0.25) is 0 Å². The lowest BCUT2D eigenvalue weighted by molar-refractivity contribution is 0.0839. The SMILES string of the molecule is CC(C)C(C(C)O)C1CS(=O)(=O)c2ccccc21. The van der Waals surface area contributed by atoms with Crippen molar-refractivity contribution in [1.29, 1.82) is 0 Å². The van der Waals surface area contributed by atoms with Crippen LogP contribution in [-0.4, -0.2) is 25.4 Å². The zero-order chi connectivity index (χ0) is 13.5. The summed E-state index contributed by atoms with van der Waals surface area (Å²) in [6.45, 7) is 5.81. The van der Waals surface area contributed by atoms with Crippen LogP contribution in [0.5, 0.6) is 0 Å². The van der Waals surface area contributed by atoms with E-state index in [0.717, 1.165) is 5.56 Å². The van der Waals surface area contributed by atoms with Gasteiger partial charge in [0.2, 0.25) is 0 Å². The fourth-order valence-electron chi connectivity index (χ4n) is 3.16. The van der Waals surface area contributed by atoms with Gasteiger partial charge in [-0.25, -0.2) is 8.42 Å². The number of rotatable bonds is 3. The van der Waals surface area contributed by atoms with Gasteiger partial charge in [0.1, 0.15) is 0 Å². The van der Waals surface area contributed by atoms with Gasteiger partial charge in [-0.15, -0.1) is 0 Å². The summed E-state index contributed by atoms with van der Waals surface area (Å²) < 4.78 is 24.3. The van der Waals surface area contributed by atoms with Gasteiger partial charge in [-0.2, -0.15) is 0 Å². The number of sulfone groups is 1. The summed E-state index contributed by atoms with van der Waals surface area (Å²) in [5.74, 6) is 0.256. The van der Waals surface area contributed by atoms with Crippen LogP contribution in [-0.2, 0) is 9.84 Å². The van der Waals surface area contributed by atoms with Gasteiger partial charge in [0, 0.05) is 5.92 Å². The van der Waals surface area contributed by atoms with Crippen LogP contribution >= 0.6 is 0 Å². The van der Waals surface area contributed by atoms with Gasteiger partial charge in [0.25, 0.3) is 0 Å². The summed E-state index contributed by atoms with van der Waals surface area (Å²) in [5, 5.41) is 9.94. The van der Waals surface area contributed by atoms with Crippen molar-refractivity contribution >= 4 is 9.84 Å². The molecule has 0 amide bonds. The van der Waals surface area contributed by atoms with Crippen LogP contribution in [0.25, 0.3) is 0 Å². The molecule has 18 heavy (non-hydrogen) atoms. The van der Waals surface area contributed by atoms with E-state index in [2.05, 4.69) is 0 Å². The molecule has 3 unspecified atom stereocenters. The predicted octanol–water partition coefficient (Wildman–Crippen LogP) is 2.21. The van der Waals surface area contributed by atoms with Crippen LogP contribution in [0.15, 0.2) is 29.2 Å². The van der Waals surface area contributed by atoms with Crippen molar-refractivity contribution < 1.29 is 13.5 Å². The Kier molecular flexibility index (Phi) is 3.52. The fourth-order valence-corrected chi connectivity index (χ4v) is 5.08. The van der Waals surface area contributed by atoms with E-state index in [9.17, 15) is 13.5 Å². The minimum atomic E-state index is -3.18. The molecule has 0 fully saturated rings. The number of benzene rings is 1. The Morgan fingerprint density at radius 1 is 1.22 bits per heavy atom. The molecule has 0 spiro atoms. The molecule has 0 radical (unpaired) electrons. The van der Waals surface area contributed by atoms with Gasteiger partial charge in [0.15, 0.2) is 9.84 Å². The molecule has 0 bridgehead atoms. The van der Waals surface area contributed by atoms with Gasteiger partial charge < -0.3 is 5.11 Å². The second-order valence-electron chi connectivity index (χ2n) is 5.49. The third-order valence-corrected chi connectivity index (χ3v) is 5.68. The molecule has 1 heterocycles. The molecular formula is C14H20O3S. The van der Waals surface area contributed by atoms with Crippen LogP contribution < -0.4 is 0 Å². The first-order valence-corrected chi connectivity index (χ1v) is 7.99. The number of aliphatic hydroxyl groups is 1. The van der Waals surface area contributed by atoms with E-state index in [0.29, 0.717) is 4.90 Å². The van der Waals surface area contributed by atoms with E-state index < -0.39 is 15.9 Å². The molecular weight excluding hydrogens is 248 g/mol. The summed E-state index contributed by atoms with van der Waals surface area (Å²) in [4.78, 5) is 0.446. The normalized spacial score (nSPS) is 24.8. The number of hydrogen-bond donors (Lipinski definition) is 1. The molecule has 1 N–H and O–H groups in total. The predicted molar refractivity (Wildman–Crippen MR) is 71.2 cm³/mol. The largest absolute Gasteiger partial charge is 0.393 e. The highest BCUT2D eigenvalue weighted by atomic mass is 32.2. The van der Waals surface area contributed by atoms with Crippen molar-refractivity contribution in [3.8, 4) is 0 Å². The maximum atomic E-state index is 12.1. The van der Waals surface area contributed by atoms with E-state index >= 15 is 0 Å². The summed E-state index contributed by atoms with van der Waals surface area (Å²) >= 11 is 0. The molecule has 0 aliphatic carbocycles. The van der Waals surface area contributed by atoms with Crippen LogP contribution in [0.3, 0.4) is 0 Å². The highest BCUT2D eigenvalue weighted by Gasteiger charge is 2.41. The first kappa shape index (κ1) is 13.6. The first-order chi connectivity index (χ1) is 8.34. The van der Waals surface area contributed by atoms with Gasteiger partial charge in [-0.05, 0) is 30.4 Å². The van der Waals surface area contributed by atoms with Crippen molar-refractivity contribution in [3.63, 3.8) is 0 Å². The topological polar surface area (TPSA) is 54.4 Å². The summed E-state index contributed by atoms with van der Waals surface area (Å²) in [6.07, 6.45) is -0.503. The molecule has 0 saturated heterocycles. The standard InChI is InChI=1S/C14H20O3S/c1-9(2)14(10(3)15)12-8-18(16,17)13-7-5-4-6-11(12)13/h4-7,9-10,12,14-15H,8H2,1-3H3. The minimum Gasteiger partial charge on any atom is -0.393 e. The lowest BCUT2D eigenvalue weighted by Crippen LogP contribution is -2.30. The van der Waals surface area contributed by atoms with Crippen LogP contribution in [0, 0.1) is 11.8 Å². The third-order valence-electron chi connectivity index (χ3n) is 3.84. The van der Waals surface area contributed by atoms with Crippen molar-refractivity contribution in [3.05, 3.63) is 29.8 Å². The van der Waals surface area contributed by atoms with E-state index in [4.69, 9.17) is 0 Å². The van der Waals surface area contributed by atoms with E-state index in [-0.39, 0.29) is 23.5 Å². The zero-order valence-corrected chi connectivity index (χ0v) is 11.8. The van der Waals surface area contributed by atoms with Crippen molar-refractivity contribution in [2.24, 2.45) is 11.8 Å². The second kappa shape index (κ2) is 4.67. The van der Waals surface area contributed by atoms with Crippen LogP contribution in [0.2, 0.25) is 0 Å². The van der Waals surface area contributed by atoms with E-state index in [1.54, 1.807) is 19.1 Å². The lowest BCUT2D eigenvalue weighted by atomic mass is 9.77. The second-order valence-corrected chi connectivity index (χ2v) is 7.49. The summed E-state index contributed by atoms with van der Waals surface area (Å²) in [5.41, 5.74) is 0.872. The Hall–Kier alpha value is -0.870. The van der Waals surface area contributed by atoms with Crippen molar-refractivity contribution in [2.75, 3.05) is 5.75 Å². The quantitative estimate of drug-likeness (QED) is 0.914. The number of fused-ring (bicyclic) bond motifs is 1. The minimum absolute atomic E-state index is 0.0246. The monoisotopic (exact) mass is 268 g/mol. The van der Waals surface area contributed by atoms with Crippen LogP contribution in [0.4, 0.5) is 0 Å². The highest BCUT2D eigenvalue weighted by Crippen LogP contribution is 2.42. The van der Waals surface area contributed by atoms with Crippen molar-refractivity contribution in [2.45, 2.75) is 37.7 Å². The molecule has 100 valence electrons. The Labute approximate surface area is 109 Å². The van der Waals surface area contributed by atoms with Gasteiger partial charge in [0.05, 0.1) is 16.8 Å². The molecule has 1 aromatic carbocycles. The molecule has 3 nitrogen and oxygen atoms in total. The lowest BCUT2D eigenvalue weighted by Gasteiger charge is -2.29. The van der Waals surface area contributed by atoms with E-state index in [1.807, 2.05) is 26.0 Å². The Morgan fingerprint density at radius 2 is 1.83 bits per heavy atom. The Morgan fingerprint density at radius 3 is 2.39 bits per heavy atom. The molecule has 1 aliphatic heterocycles. The molecule has 4 heteroatoms. The average Bonchev–Trinajstić information content (AvgIpc) is 2.51. The van der Waals surface area contributed by atoms with E-state index in [1.165, 1.54) is 0 Å². The first-order valence-electron chi connectivity index (χ1n) is 6.34. The molecule has 1 aromatic rings. The molecule has 2 rings (SSSR count). The molecule has 0 saturated carbocycles. The highest BCUT2D eigenvalue weighted by molar-refractivity contribution is 7.91. The summed E-state index contributed by atoms with van der Waals surface area (Å²) in [7, 11) is -3.18. The number of aliphatic hydroxyl groups excluding tert-OH is 1. The average molecular weight is 268 g/mol. The smallest absolute Gasteiger partial charge is 0.179 e. The Balaban J connectivity index is 2.50. The number of hydrogen-bond acceptors (Lipinski definition) is 3. The van der Waals surface area contributed by atoms with Gasteiger partial charge >= 0.3 is 0 Å². The maximum Gasteiger partial charge on any atom is 0.179 e. The zero-order valence-electron chi connectivity index (χ0n) is 11.0. The van der Waals surface area contributed by atoms with Crippen molar-refractivity contribution in [1.82, 2.24) is 0 Å². The van der Waals surface area contributed by atoms with Crippen LogP contribution in [0.1, 0.15) is 32.3 Å². The summed E-state index contributed by atoms with van der Waals surface area (Å²) in [6, 6.07) is 7.17. The van der Waals surface area contributed by atoms with Gasteiger partial charge in [-0.1, -0.05) is 32.0 Å². The fraction of sp³-hybridized carbons (Fsp3) is 0.571. The molecule has 3 atom stereocenters. The molecule has 0 aromatic heterocycles.